The first-order valence-corrected chi connectivity index (χ1v) is 10.9. The molecule has 2 fully saturated rings. The maximum Gasteiger partial charge on any atom is 0.410 e. The predicted molar refractivity (Wildman–Crippen MR) is 120 cm³/mol. The number of rotatable bonds is 3. The molecule has 1 atom stereocenters. The fourth-order valence-corrected chi connectivity index (χ4v) is 4.73. The fraction of sp³-hybridized carbons (Fsp3) is 0.462. The van der Waals surface area contributed by atoms with E-state index in [9.17, 15) is 4.79 Å². The van der Waals surface area contributed by atoms with Crippen LogP contribution in [-0.2, 0) is 4.74 Å². The minimum atomic E-state index is -0.451. The van der Waals surface area contributed by atoms with Gasteiger partial charge in [-0.1, -0.05) is 24.3 Å². The molecule has 1 saturated heterocycles. The molecule has 162 valence electrons. The lowest BCUT2D eigenvalue weighted by molar-refractivity contribution is 0.0170. The summed E-state index contributed by atoms with van der Waals surface area (Å²) in [6, 6.07) is 16.4. The summed E-state index contributed by atoms with van der Waals surface area (Å²) in [7, 11) is 1.63. The normalized spacial score (nSPS) is 19.6. The van der Waals surface area contributed by atoms with E-state index in [0.717, 1.165) is 37.1 Å². The average molecular weight is 419 g/mol. The molecule has 2 aromatic carbocycles. The van der Waals surface area contributed by atoms with Gasteiger partial charge in [-0.3, -0.25) is 0 Å². The Labute approximate surface area is 184 Å². The van der Waals surface area contributed by atoms with E-state index in [1.807, 2.05) is 37.8 Å². The third-order valence-corrected chi connectivity index (χ3v) is 6.56. The summed E-state index contributed by atoms with van der Waals surface area (Å²) >= 11 is 0. The Hall–Kier alpha value is -3.00. The monoisotopic (exact) mass is 418 g/mol. The number of hydrogen-bond donors (Lipinski definition) is 0. The Morgan fingerprint density at radius 1 is 1.13 bits per heavy atom. The van der Waals surface area contributed by atoms with Gasteiger partial charge in [-0.25, -0.2) is 4.79 Å². The number of carbonyl (C=O) groups is 1. The molecule has 1 aliphatic carbocycles. The summed E-state index contributed by atoms with van der Waals surface area (Å²) in [6.07, 6.45) is 3.05. The number of nitriles is 1. The van der Waals surface area contributed by atoms with Crippen LogP contribution in [0.5, 0.6) is 5.75 Å². The number of ether oxygens (including phenoxy) is 2. The average Bonchev–Trinajstić information content (AvgIpc) is 3.45. The van der Waals surface area contributed by atoms with Crippen molar-refractivity contribution in [3.63, 3.8) is 0 Å². The SMILES string of the molecule is COc1cc(C#N)ccc1-c1ccc(C2CC23CCN(C(=O)OC(C)(C)C)CC3)cc1. The zero-order chi connectivity index (χ0) is 22.2. The van der Waals surface area contributed by atoms with Gasteiger partial charge in [0.1, 0.15) is 11.4 Å². The lowest BCUT2D eigenvalue weighted by Crippen LogP contribution is -2.42. The van der Waals surface area contributed by atoms with Gasteiger partial charge in [0, 0.05) is 18.7 Å². The van der Waals surface area contributed by atoms with E-state index in [0.29, 0.717) is 22.6 Å². The van der Waals surface area contributed by atoms with Crippen LogP contribution in [0.4, 0.5) is 4.79 Å². The smallest absolute Gasteiger partial charge is 0.410 e. The van der Waals surface area contributed by atoms with Crippen LogP contribution in [0.15, 0.2) is 42.5 Å². The third-order valence-electron chi connectivity index (χ3n) is 6.56. The van der Waals surface area contributed by atoms with Crippen LogP contribution in [0.1, 0.15) is 57.1 Å². The number of piperidine rings is 1. The van der Waals surface area contributed by atoms with Crippen LogP contribution in [0.3, 0.4) is 0 Å². The van der Waals surface area contributed by atoms with Gasteiger partial charge in [0.2, 0.25) is 0 Å². The molecule has 1 unspecified atom stereocenters. The maximum atomic E-state index is 12.3. The summed E-state index contributed by atoms with van der Waals surface area (Å²) in [5, 5.41) is 9.11. The van der Waals surface area contributed by atoms with Crippen molar-refractivity contribution in [2.24, 2.45) is 5.41 Å². The summed E-state index contributed by atoms with van der Waals surface area (Å²) in [5.74, 6) is 1.27. The topological polar surface area (TPSA) is 62.6 Å². The number of methoxy groups -OCH3 is 1. The zero-order valence-corrected chi connectivity index (χ0v) is 18.8. The molecule has 1 heterocycles. The lowest BCUT2D eigenvalue weighted by atomic mass is 9.88. The Kier molecular flexibility index (Phi) is 5.43. The highest BCUT2D eigenvalue weighted by molar-refractivity contribution is 5.72. The molecular formula is C26H30N2O3. The molecule has 0 aromatic heterocycles. The predicted octanol–water partition coefficient (Wildman–Crippen LogP) is 5.74. The fourth-order valence-electron chi connectivity index (χ4n) is 4.73. The molecule has 31 heavy (non-hydrogen) atoms. The highest BCUT2D eigenvalue weighted by atomic mass is 16.6. The first-order valence-electron chi connectivity index (χ1n) is 10.9. The van der Waals surface area contributed by atoms with E-state index in [4.69, 9.17) is 14.7 Å². The highest BCUT2D eigenvalue weighted by Crippen LogP contribution is 2.65. The summed E-state index contributed by atoms with van der Waals surface area (Å²) < 4.78 is 11.0. The minimum Gasteiger partial charge on any atom is -0.496 e. The second-order valence-corrected chi connectivity index (χ2v) is 9.74. The molecule has 1 amide bonds. The number of hydrogen-bond acceptors (Lipinski definition) is 4. The van der Waals surface area contributed by atoms with Gasteiger partial charge in [-0.2, -0.15) is 5.26 Å². The van der Waals surface area contributed by atoms with E-state index in [1.165, 1.54) is 12.0 Å². The minimum absolute atomic E-state index is 0.194. The van der Waals surface area contributed by atoms with Crippen molar-refractivity contribution < 1.29 is 14.3 Å². The molecule has 4 rings (SSSR count). The number of nitrogens with zero attached hydrogens (tertiary/aromatic N) is 2. The molecule has 5 nitrogen and oxygen atoms in total. The number of benzene rings is 2. The van der Waals surface area contributed by atoms with Gasteiger partial charge in [0.05, 0.1) is 18.7 Å². The van der Waals surface area contributed by atoms with Gasteiger partial charge in [-0.15, -0.1) is 0 Å². The van der Waals surface area contributed by atoms with E-state index in [-0.39, 0.29) is 6.09 Å². The first-order chi connectivity index (χ1) is 14.7. The van der Waals surface area contributed by atoms with Crippen LogP contribution in [0.25, 0.3) is 11.1 Å². The summed E-state index contributed by atoms with van der Waals surface area (Å²) in [4.78, 5) is 14.2. The highest BCUT2D eigenvalue weighted by Gasteiger charge is 2.55. The van der Waals surface area contributed by atoms with E-state index in [2.05, 4.69) is 30.3 Å². The molecule has 2 aromatic rings. The Balaban J connectivity index is 1.41. The number of amides is 1. The van der Waals surface area contributed by atoms with Crippen molar-refractivity contribution in [1.82, 2.24) is 4.90 Å². The molecule has 1 saturated carbocycles. The summed E-state index contributed by atoms with van der Waals surface area (Å²) in [5.41, 5.74) is 3.90. The van der Waals surface area contributed by atoms with E-state index < -0.39 is 5.60 Å². The Morgan fingerprint density at radius 2 is 1.81 bits per heavy atom. The molecule has 2 aliphatic rings. The number of likely N-dealkylation sites (tertiary alicyclic amines) is 1. The molecule has 5 heteroatoms. The van der Waals surface area contributed by atoms with E-state index >= 15 is 0 Å². The van der Waals surface area contributed by atoms with Crippen molar-refractivity contribution in [3.05, 3.63) is 53.6 Å². The van der Waals surface area contributed by atoms with Crippen LogP contribution >= 0.6 is 0 Å². The molecule has 0 N–H and O–H groups in total. The third kappa shape index (κ3) is 4.39. The van der Waals surface area contributed by atoms with Crippen LogP contribution in [0, 0.1) is 16.7 Å². The van der Waals surface area contributed by atoms with E-state index in [1.54, 1.807) is 13.2 Å². The zero-order valence-electron chi connectivity index (χ0n) is 18.8. The van der Waals surface area contributed by atoms with Crippen molar-refractivity contribution in [1.29, 1.82) is 5.26 Å². The summed E-state index contributed by atoms with van der Waals surface area (Å²) in [6.45, 7) is 7.26. The largest absolute Gasteiger partial charge is 0.496 e. The second-order valence-electron chi connectivity index (χ2n) is 9.74. The Morgan fingerprint density at radius 3 is 2.39 bits per heavy atom. The van der Waals surface area contributed by atoms with Gasteiger partial charge in [0.25, 0.3) is 0 Å². The maximum absolute atomic E-state index is 12.3. The van der Waals surface area contributed by atoms with Gasteiger partial charge in [-0.05, 0) is 80.7 Å². The van der Waals surface area contributed by atoms with Crippen molar-refractivity contribution in [3.8, 4) is 22.9 Å². The quantitative estimate of drug-likeness (QED) is 0.638. The molecular weight excluding hydrogens is 388 g/mol. The van der Waals surface area contributed by atoms with Crippen LogP contribution in [0.2, 0.25) is 0 Å². The van der Waals surface area contributed by atoms with Crippen molar-refractivity contribution in [2.45, 2.75) is 51.6 Å². The van der Waals surface area contributed by atoms with Crippen LogP contribution in [-0.4, -0.2) is 36.8 Å². The molecule has 0 bridgehead atoms. The molecule has 1 spiro atoms. The van der Waals surface area contributed by atoms with Crippen molar-refractivity contribution >= 4 is 6.09 Å². The Bertz CT molecular complexity index is 1010. The second kappa shape index (κ2) is 7.92. The standard InChI is InChI=1S/C26H30N2O3/c1-25(2,3)31-24(29)28-13-11-26(12-14-28)16-22(26)20-8-6-19(7-9-20)21-10-5-18(17-27)15-23(21)30-4/h5-10,15,22H,11-14,16H2,1-4H3. The van der Waals surface area contributed by atoms with Gasteiger partial charge < -0.3 is 14.4 Å². The lowest BCUT2D eigenvalue weighted by Gasteiger charge is -2.34. The first kappa shape index (κ1) is 21.2. The van der Waals surface area contributed by atoms with Crippen molar-refractivity contribution in [2.75, 3.05) is 20.2 Å². The molecule has 0 radical (unpaired) electrons. The number of carbonyl (C=O) groups excluding carboxylic acids is 1. The van der Waals surface area contributed by atoms with Gasteiger partial charge in [0.15, 0.2) is 0 Å². The van der Waals surface area contributed by atoms with Crippen LogP contribution < -0.4 is 4.74 Å². The van der Waals surface area contributed by atoms with Gasteiger partial charge >= 0.3 is 6.09 Å². The molecule has 1 aliphatic heterocycles.